The van der Waals surface area contributed by atoms with Gasteiger partial charge in [-0.3, -0.25) is 4.79 Å². The molecule has 3 aromatic rings. The van der Waals surface area contributed by atoms with E-state index in [9.17, 15) is 9.90 Å². The van der Waals surface area contributed by atoms with Gasteiger partial charge in [0.15, 0.2) is 0 Å². The zero-order chi connectivity index (χ0) is 20.6. The number of carbonyl (C=O) groups is 1. The maximum atomic E-state index is 12.8. The van der Waals surface area contributed by atoms with Crippen molar-refractivity contribution in [2.24, 2.45) is 0 Å². The summed E-state index contributed by atoms with van der Waals surface area (Å²) >= 11 is 0. The second-order valence-electron chi connectivity index (χ2n) is 7.31. The molecule has 0 heterocycles. The summed E-state index contributed by atoms with van der Waals surface area (Å²) in [7, 11) is -0.652. The van der Waals surface area contributed by atoms with E-state index in [1.807, 2.05) is 49.4 Å². The normalized spacial score (nSPS) is 14.2. The first-order valence-corrected chi connectivity index (χ1v) is 11.4. The minimum atomic E-state index is -0.722. The lowest BCUT2D eigenvalue weighted by molar-refractivity contribution is -0.122. The van der Waals surface area contributed by atoms with Crippen molar-refractivity contribution in [3.63, 3.8) is 0 Å². The molecule has 3 nitrogen and oxygen atoms in total. The van der Waals surface area contributed by atoms with Gasteiger partial charge in [-0.1, -0.05) is 97.9 Å². The van der Waals surface area contributed by atoms with Crippen LogP contribution in [0.2, 0.25) is 0 Å². The van der Waals surface area contributed by atoms with E-state index in [2.05, 4.69) is 60.8 Å². The summed E-state index contributed by atoms with van der Waals surface area (Å²) in [6, 6.07) is 29.9. The second-order valence-corrected chi connectivity index (χ2v) is 9.96. The highest BCUT2D eigenvalue weighted by atomic mass is 31.1. The lowest BCUT2D eigenvalue weighted by atomic mass is 10.0. The first-order valence-electron chi connectivity index (χ1n) is 9.98. The summed E-state index contributed by atoms with van der Waals surface area (Å²) in [5.41, 5.74) is 0.986. The van der Waals surface area contributed by atoms with Gasteiger partial charge in [-0.25, -0.2) is 0 Å². The lowest BCUT2D eigenvalue weighted by Gasteiger charge is -2.27. The first kappa shape index (κ1) is 21.2. The molecule has 1 amide bonds. The summed E-state index contributed by atoms with van der Waals surface area (Å²) in [6.07, 6.45) is -0.304. The quantitative estimate of drug-likeness (QED) is 0.554. The van der Waals surface area contributed by atoms with Crippen LogP contribution >= 0.6 is 7.92 Å². The molecular formula is C25H28NO2P. The minimum Gasteiger partial charge on any atom is -0.386 e. The predicted octanol–water partition coefficient (Wildman–Crippen LogP) is 4.14. The molecule has 4 heteroatoms. The molecule has 0 unspecified atom stereocenters. The van der Waals surface area contributed by atoms with Crippen LogP contribution in [0.25, 0.3) is 0 Å². The summed E-state index contributed by atoms with van der Waals surface area (Å²) < 4.78 is 0. The van der Waals surface area contributed by atoms with Crippen molar-refractivity contribution in [2.75, 3.05) is 0 Å². The SMILES string of the molecule is C[C@@H](NC(=O)C[C@H](C)P(c1ccccc1)c1ccccc1)[C@@H](O)c1ccccc1. The fourth-order valence-corrected chi connectivity index (χ4v) is 6.18. The summed E-state index contributed by atoms with van der Waals surface area (Å²) in [4.78, 5) is 12.8. The van der Waals surface area contributed by atoms with Crippen molar-refractivity contribution in [3.8, 4) is 0 Å². The molecule has 0 aliphatic rings. The van der Waals surface area contributed by atoms with Gasteiger partial charge in [0.1, 0.15) is 0 Å². The Morgan fingerprint density at radius 1 is 0.828 bits per heavy atom. The average molecular weight is 405 g/mol. The highest BCUT2D eigenvalue weighted by Crippen LogP contribution is 2.40. The molecule has 29 heavy (non-hydrogen) atoms. The van der Waals surface area contributed by atoms with E-state index in [-0.39, 0.29) is 17.6 Å². The van der Waals surface area contributed by atoms with Crippen molar-refractivity contribution >= 4 is 24.4 Å². The smallest absolute Gasteiger partial charge is 0.220 e. The van der Waals surface area contributed by atoms with E-state index in [1.54, 1.807) is 0 Å². The minimum absolute atomic E-state index is 0.0284. The number of aliphatic hydroxyl groups is 1. The zero-order valence-corrected chi connectivity index (χ0v) is 17.8. The van der Waals surface area contributed by atoms with Gasteiger partial charge in [0.2, 0.25) is 5.91 Å². The second kappa shape index (κ2) is 10.3. The van der Waals surface area contributed by atoms with Crippen LogP contribution in [0.4, 0.5) is 0 Å². The lowest BCUT2D eigenvalue weighted by Crippen LogP contribution is -2.38. The number of hydrogen-bond acceptors (Lipinski definition) is 2. The third kappa shape index (κ3) is 5.76. The summed E-state index contributed by atoms with van der Waals surface area (Å²) in [6.45, 7) is 3.99. The molecule has 0 aliphatic heterocycles. The van der Waals surface area contributed by atoms with E-state index in [0.717, 1.165) is 5.56 Å². The van der Waals surface area contributed by atoms with Gasteiger partial charge in [0, 0.05) is 6.42 Å². The molecule has 3 rings (SSSR count). The molecule has 3 aromatic carbocycles. The van der Waals surface area contributed by atoms with Gasteiger partial charge in [0.25, 0.3) is 0 Å². The number of carbonyl (C=O) groups excluding carboxylic acids is 1. The van der Waals surface area contributed by atoms with Crippen LogP contribution < -0.4 is 15.9 Å². The van der Waals surface area contributed by atoms with Gasteiger partial charge in [-0.05, 0) is 36.7 Å². The maximum Gasteiger partial charge on any atom is 0.220 e. The van der Waals surface area contributed by atoms with Gasteiger partial charge in [0.05, 0.1) is 12.1 Å². The van der Waals surface area contributed by atoms with Gasteiger partial charge >= 0.3 is 0 Å². The van der Waals surface area contributed by atoms with E-state index in [0.29, 0.717) is 6.42 Å². The summed E-state index contributed by atoms with van der Waals surface area (Å²) in [5, 5.41) is 16.1. The fourth-order valence-electron chi connectivity index (χ4n) is 3.53. The molecule has 0 spiro atoms. The Bertz CT molecular complexity index is 847. The number of amides is 1. The topological polar surface area (TPSA) is 49.3 Å². The standard InChI is InChI=1S/C25H28NO2P/c1-19(18-24(27)26-20(2)25(28)21-12-6-3-7-13-21)29(22-14-8-4-9-15-22)23-16-10-5-11-17-23/h3-17,19-20,25,28H,18H2,1-2H3,(H,26,27)/t19-,20+,25+/m0/s1. The van der Waals surface area contributed by atoms with Crippen LogP contribution in [0.5, 0.6) is 0 Å². The Labute approximate surface area is 174 Å². The number of benzene rings is 3. The van der Waals surface area contributed by atoms with Crippen molar-refractivity contribution < 1.29 is 9.90 Å². The third-order valence-electron chi connectivity index (χ3n) is 4.99. The molecular weight excluding hydrogens is 377 g/mol. The highest BCUT2D eigenvalue weighted by Gasteiger charge is 2.25. The van der Waals surface area contributed by atoms with E-state index >= 15 is 0 Å². The Morgan fingerprint density at radius 2 is 1.28 bits per heavy atom. The number of rotatable bonds is 8. The number of nitrogens with one attached hydrogen (secondary N) is 1. The molecule has 0 saturated carbocycles. The van der Waals surface area contributed by atoms with Gasteiger partial charge in [-0.15, -0.1) is 0 Å². The molecule has 0 aromatic heterocycles. The van der Waals surface area contributed by atoms with Crippen LogP contribution in [-0.4, -0.2) is 22.7 Å². The highest BCUT2D eigenvalue weighted by molar-refractivity contribution is 7.73. The van der Waals surface area contributed by atoms with E-state index in [4.69, 9.17) is 0 Å². The van der Waals surface area contributed by atoms with Crippen LogP contribution in [0, 0.1) is 0 Å². The van der Waals surface area contributed by atoms with Crippen LogP contribution in [-0.2, 0) is 4.79 Å². The average Bonchev–Trinajstić information content (AvgIpc) is 2.75. The first-order chi connectivity index (χ1) is 14.1. The molecule has 0 bridgehead atoms. The number of hydrogen-bond donors (Lipinski definition) is 2. The molecule has 0 fully saturated rings. The number of aliphatic hydroxyl groups excluding tert-OH is 1. The van der Waals surface area contributed by atoms with E-state index < -0.39 is 14.0 Å². The van der Waals surface area contributed by atoms with E-state index in [1.165, 1.54) is 10.6 Å². The van der Waals surface area contributed by atoms with Gasteiger partial charge < -0.3 is 10.4 Å². The Hall–Kier alpha value is -2.48. The molecule has 3 atom stereocenters. The summed E-state index contributed by atoms with van der Waals surface area (Å²) in [5.74, 6) is -0.0284. The maximum absolute atomic E-state index is 12.8. The fraction of sp³-hybridized carbons (Fsp3) is 0.240. The largest absolute Gasteiger partial charge is 0.386 e. The molecule has 2 N–H and O–H groups in total. The predicted molar refractivity (Wildman–Crippen MR) is 122 cm³/mol. The van der Waals surface area contributed by atoms with Crippen molar-refractivity contribution in [2.45, 2.75) is 38.1 Å². The van der Waals surface area contributed by atoms with Crippen LogP contribution in [0.15, 0.2) is 91.0 Å². The third-order valence-corrected chi connectivity index (χ3v) is 7.77. The van der Waals surface area contributed by atoms with Gasteiger partial charge in [-0.2, -0.15) is 0 Å². The van der Waals surface area contributed by atoms with Crippen LogP contribution in [0.1, 0.15) is 31.9 Å². The zero-order valence-electron chi connectivity index (χ0n) is 16.9. The van der Waals surface area contributed by atoms with Crippen molar-refractivity contribution in [1.29, 1.82) is 0 Å². The Kier molecular flexibility index (Phi) is 7.57. The van der Waals surface area contributed by atoms with Crippen molar-refractivity contribution in [1.82, 2.24) is 5.32 Å². The van der Waals surface area contributed by atoms with Crippen LogP contribution in [0.3, 0.4) is 0 Å². The molecule has 0 aliphatic carbocycles. The molecule has 150 valence electrons. The monoisotopic (exact) mass is 405 g/mol. The van der Waals surface area contributed by atoms with Crippen molar-refractivity contribution in [3.05, 3.63) is 96.6 Å². The molecule has 0 radical (unpaired) electrons. The Balaban J connectivity index is 1.69. The molecule has 0 saturated heterocycles. The Morgan fingerprint density at radius 3 is 1.76 bits per heavy atom.